The summed E-state index contributed by atoms with van der Waals surface area (Å²) >= 11 is 0. The summed E-state index contributed by atoms with van der Waals surface area (Å²) in [5, 5.41) is 10.0. The fourth-order valence-electron chi connectivity index (χ4n) is 8.19. The zero-order chi connectivity index (χ0) is 42.9. The van der Waals surface area contributed by atoms with Crippen molar-refractivity contribution in [1.82, 2.24) is 21.3 Å². The van der Waals surface area contributed by atoms with Crippen LogP contribution in [0.25, 0.3) is 0 Å². The van der Waals surface area contributed by atoms with Crippen LogP contribution in [0.1, 0.15) is 119 Å². The molecule has 0 aliphatic heterocycles. The highest BCUT2D eigenvalue weighted by atomic mass is 19.1. The minimum absolute atomic E-state index is 0.0584. The summed E-state index contributed by atoms with van der Waals surface area (Å²) in [5.74, 6) is -10.6. The van der Waals surface area contributed by atoms with E-state index in [2.05, 4.69) is 21.3 Å². The number of nitrogens with one attached hydrogen (secondary N) is 4. The number of aryl methyl sites for hydroxylation is 2. The fraction of sp³-hybridized carbons (Fsp3) is 0.558. The molecule has 316 valence electrons. The third-order valence-corrected chi connectivity index (χ3v) is 10.7. The molecule has 0 spiro atoms. The molecule has 6 atom stereocenters. The second-order valence-corrected chi connectivity index (χ2v) is 16.6. The Hall–Kier alpha value is -5.05. The Kier molecular flexibility index (Phi) is 15.8. The minimum atomic E-state index is -1.31. The van der Waals surface area contributed by atoms with E-state index in [-0.39, 0.29) is 25.2 Å². The standard InChI is InChI=1S/C43H57F2N5O8/c1-7-12-32(38(53)42(57)47-22-33(51)49-36(39(46)54)26-18-23(2)17-24(3)19-26)48-40(55)29-21-27(58-43(4,5)6)20-28(29)37(52)35(25-13-9-8-10-14-25)50-41(56)34-30(44)15-11-16-31(34)45/h11,15-19,25,27-29,32,35-36H,7-10,12-14,20-22H2,1-6H3,(H2,46,54)(H,47,57)(H,48,55)(H,49,51)(H,50,56)/t27-,28?,29+,32?,35-,36?/m0/s1. The van der Waals surface area contributed by atoms with E-state index < -0.39 is 107 Å². The quantitative estimate of drug-likeness (QED) is 0.145. The fourth-order valence-corrected chi connectivity index (χ4v) is 8.19. The molecule has 2 aromatic rings. The molecule has 0 radical (unpaired) electrons. The van der Waals surface area contributed by atoms with Crippen molar-refractivity contribution in [3.63, 3.8) is 0 Å². The molecular weight excluding hydrogens is 752 g/mol. The molecule has 5 amide bonds. The van der Waals surface area contributed by atoms with Crippen LogP contribution in [0.4, 0.5) is 8.78 Å². The minimum Gasteiger partial charge on any atom is -0.373 e. The number of hydrogen-bond donors (Lipinski definition) is 5. The van der Waals surface area contributed by atoms with E-state index in [1.54, 1.807) is 19.1 Å². The Morgan fingerprint density at radius 3 is 2.03 bits per heavy atom. The first kappa shape index (κ1) is 45.6. The number of carbonyl (C=O) groups excluding carboxylic acids is 7. The van der Waals surface area contributed by atoms with Crippen molar-refractivity contribution in [2.75, 3.05) is 6.54 Å². The average molecular weight is 810 g/mol. The van der Waals surface area contributed by atoms with E-state index >= 15 is 0 Å². The number of nitrogens with two attached hydrogens (primary N) is 1. The van der Waals surface area contributed by atoms with Crippen molar-refractivity contribution in [2.45, 2.75) is 129 Å². The van der Waals surface area contributed by atoms with Gasteiger partial charge in [0.25, 0.3) is 11.8 Å². The van der Waals surface area contributed by atoms with E-state index in [4.69, 9.17) is 10.5 Å². The number of ether oxygens (including phenoxy) is 1. The average Bonchev–Trinajstić information content (AvgIpc) is 3.56. The van der Waals surface area contributed by atoms with Crippen LogP contribution in [-0.2, 0) is 33.5 Å². The van der Waals surface area contributed by atoms with Gasteiger partial charge in [0.1, 0.15) is 23.2 Å². The number of hydrogen-bond acceptors (Lipinski definition) is 8. The Labute approximate surface area is 338 Å². The van der Waals surface area contributed by atoms with Gasteiger partial charge in [-0.3, -0.25) is 33.6 Å². The second-order valence-electron chi connectivity index (χ2n) is 16.6. The maximum absolute atomic E-state index is 14.7. The molecule has 2 saturated carbocycles. The molecule has 4 rings (SSSR count). The molecule has 13 nitrogen and oxygen atoms in total. The normalized spacial score (nSPS) is 20.0. The molecule has 0 heterocycles. The van der Waals surface area contributed by atoms with Gasteiger partial charge in [-0.15, -0.1) is 0 Å². The molecule has 3 unspecified atom stereocenters. The maximum Gasteiger partial charge on any atom is 0.290 e. The van der Waals surface area contributed by atoms with Crippen LogP contribution >= 0.6 is 0 Å². The predicted octanol–water partition coefficient (Wildman–Crippen LogP) is 4.35. The lowest BCUT2D eigenvalue weighted by molar-refractivity contribution is -0.141. The van der Waals surface area contributed by atoms with Gasteiger partial charge in [-0.2, -0.15) is 0 Å². The number of carbonyl (C=O) groups is 7. The molecule has 58 heavy (non-hydrogen) atoms. The molecule has 0 aromatic heterocycles. The van der Waals surface area contributed by atoms with Gasteiger partial charge >= 0.3 is 0 Å². The largest absolute Gasteiger partial charge is 0.373 e. The van der Waals surface area contributed by atoms with Crippen LogP contribution in [0.15, 0.2) is 36.4 Å². The summed E-state index contributed by atoms with van der Waals surface area (Å²) in [6, 6.07) is 4.66. The third kappa shape index (κ3) is 12.2. The van der Waals surface area contributed by atoms with Crippen molar-refractivity contribution < 1.29 is 47.1 Å². The van der Waals surface area contributed by atoms with Crippen molar-refractivity contribution in [3.05, 3.63) is 70.3 Å². The molecule has 2 aromatic carbocycles. The van der Waals surface area contributed by atoms with Crippen LogP contribution < -0.4 is 27.0 Å². The lowest BCUT2D eigenvalue weighted by Gasteiger charge is -2.33. The molecule has 2 aliphatic carbocycles. The van der Waals surface area contributed by atoms with Gasteiger partial charge in [0, 0.05) is 5.92 Å². The molecule has 2 aliphatic rings. The Morgan fingerprint density at radius 1 is 0.862 bits per heavy atom. The highest BCUT2D eigenvalue weighted by Gasteiger charge is 2.48. The highest BCUT2D eigenvalue weighted by Crippen LogP contribution is 2.39. The molecule has 0 saturated heterocycles. The summed E-state index contributed by atoms with van der Waals surface area (Å²) < 4.78 is 35.6. The van der Waals surface area contributed by atoms with Crippen molar-refractivity contribution in [3.8, 4) is 0 Å². The molecule has 15 heteroatoms. The summed E-state index contributed by atoms with van der Waals surface area (Å²) in [5.41, 5.74) is 6.25. The van der Waals surface area contributed by atoms with Crippen LogP contribution in [0.2, 0.25) is 0 Å². The molecule has 2 fully saturated rings. The monoisotopic (exact) mass is 809 g/mol. The van der Waals surface area contributed by atoms with Gasteiger partial charge in [-0.1, -0.05) is 68.0 Å². The zero-order valence-electron chi connectivity index (χ0n) is 34.2. The van der Waals surface area contributed by atoms with E-state index in [9.17, 15) is 42.3 Å². The van der Waals surface area contributed by atoms with Gasteiger partial charge in [-0.05, 0) is 90.3 Å². The van der Waals surface area contributed by atoms with E-state index in [0.29, 0.717) is 24.8 Å². The number of rotatable bonds is 17. The number of halogens is 2. The van der Waals surface area contributed by atoms with Gasteiger partial charge in [0.05, 0.1) is 36.3 Å². The maximum atomic E-state index is 14.7. The Balaban J connectivity index is 1.51. The van der Waals surface area contributed by atoms with Crippen LogP contribution in [0.5, 0.6) is 0 Å². The second kappa shape index (κ2) is 20.1. The van der Waals surface area contributed by atoms with Crippen LogP contribution in [0.3, 0.4) is 0 Å². The smallest absolute Gasteiger partial charge is 0.290 e. The van der Waals surface area contributed by atoms with E-state index in [1.165, 1.54) is 0 Å². The first-order valence-corrected chi connectivity index (χ1v) is 20.0. The number of Topliss-reactive ketones (excluding diaryl/α,β-unsaturated/α-hetero) is 2. The first-order chi connectivity index (χ1) is 27.3. The van der Waals surface area contributed by atoms with E-state index in [1.807, 2.05) is 40.7 Å². The highest BCUT2D eigenvalue weighted by molar-refractivity contribution is 6.38. The topological polar surface area (TPSA) is 203 Å². The van der Waals surface area contributed by atoms with Crippen molar-refractivity contribution in [1.29, 1.82) is 0 Å². The lowest BCUT2D eigenvalue weighted by Crippen LogP contribution is -2.53. The summed E-state index contributed by atoms with van der Waals surface area (Å²) in [7, 11) is 0. The number of primary amides is 1. The van der Waals surface area contributed by atoms with Crippen molar-refractivity contribution in [2.24, 2.45) is 23.5 Å². The summed E-state index contributed by atoms with van der Waals surface area (Å²) in [4.78, 5) is 93.8. The first-order valence-electron chi connectivity index (χ1n) is 20.0. The van der Waals surface area contributed by atoms with Gasteiger partial charge in [0.2, 0.25) is 23.5 Å². The van der Waals surface area contributed by atoms with Gasteiger partial charge < -0.3 is 31.7 Å². The van der Waals surface area contributed by atoms with Crippen LogP contribution in [0, 0.1) is 43.2 Å². The Bertz CT molecular complexity index is 1830. The SMILES string of the molecule is CCCC(NC(=O)[C@@H]1C[C@@H](OC(C)(C)C)CC1C(=O)[C@@H](NC(=O)c1c(F)cccc1F)C1CCCCC1)C(=O)C(=O)NCC(=O)NC(C(N)=O)c1cc(C)cc(C)c1. The predicted molar refractivity (Wildman–Crippen MR) is 211 cm³/mol. The summed E-state index contributed by atoms with van der Waals surface area (Å²) in [6.45, 7) is 10.2. The molecule has 0 bridgehead atoms. The van der Waals surface area contributed by atoms with Gasteiger partial charge in [-0.25, -0.2) is 8.78 Å². The lowest BCUT2D eigenvalue weighted by atomic mass is 9.77. The number of ketones is 2. The molecular formula is C43H57F2N5O8. The number of amides is 5. The zero-order valence-corrected chi connectivity index (χ0v) is 34.2. The van der Waals surface area contributed by atoms with E-state index in [0.717, 1.165) is 48.6 Å². The Morgan fingerprint density at radius 2 is 1.47 bits per heavy atom. The van der Waals surface area contributed by atoms with Crippen molar-refractivity contribution >= 4 is 41.1 Å². The van der Waals surface area contributed by atoms with Crippen LogP contribution in [-0.4, -0.2) is 71.4 Å². The third-order valence-electron chi connectivity index (χ3n) is 10.7. The molecule has 6 N–H and O–H groups in total. The number of benzene rings is 2. The summed E-state index contributed by atoms with van der Waals surface area (Å²) in [6.07, 6.45) is 3.73. The van der Waals surface area contributed by atoms with Gasteiger partial charge in [0.15, 0.2) is 5.78 Å².